The van der Waals surface area contributed by atoms with Crippen molar-refractivity contribution in [2.45, 2.75) is 19.9 Å². The van der Waals surface area contributed by atoms with Gasteiger partial charge >= 0.3 is 0 Å². The molecule has 0 amide bonds. The minimum absolute atomic E-state index is 0.109. The van der Waals surface area contributed by atoms with E-state index < -0.39 is 4.92 Å². The quantitative estimate of drug-likeness (QED) is 0.688. The van der Waals surface area contributed by atoms with Gasteiger partial charge in [-0.2, -0.15) is 10.4 Å². The zero-order valence-electron chi connectivity index (χ0n) is 12.0. The van der Waals surface area contributed by atoms with Crippen molar-refractivity contribution in [1.29, 1.82) is 5.26 Å². The fourth-order valence-corrected chi connectivity index (χ4v) is 2.23. The predicted molar refractivity (Wildman–Crippen MR) is 77.8 cm³/mol. The molecule has 1 N–H and O–H groups in total. The van der Waals surface area contributed by atoms with Gasteiger partial charge in [-0.15, -0.1) is 0 Å². The number of nitro benzene ring substituents is 1. The lowest BCUT2D eigenvalue weighted by Crippen LogP contribution is -2.09. The normalized spacial score (nSPS) is 11.7. The van der Waals surface area contributed by atoms with Gasteiger partial charge in [0.1, 0.15) is 5.69 Å². The Labute approximate surface area is 122 Å². The number of nitrogens with one attached hydrogen (secondary N) is 1. The molecule has 1 aromatic carbocycles. The molecule has 2 aromatic rings. The van der Waals surface area contributed by atoms with E-state index in [9.17, 15) is 10.1 Å². The molecule has 1 aromatic heterocycles. The fourth-order valence-electron chi connectivity index (χ4n) is 2.23. The Hall–Kier alpha value is -2.88. The van der Waals surface area contributed by atoms with Gasteiger partial charge in [0.05, 0.1) is 28.3 Å². The lowest BCUT2D eigenvalue weighted by atomic mass is 10.1. The first kappa shape index (κ1) is 14.5. The summed E-state index contributed by atoms with van der Waals surface area (Å²) >= 11 is 0. The second-order valence-corrected chi connectivity index (χ2v) is 4.81. The van der Waals surface area contributed by atoms with Crippen LogP contribution in [-0.2, 0) is 7.05 Å². The van der Waals surface area contributed by atoms with Gasteiger partial charge in [0.15, 0.2) is 0 Å². The van der Waals surface area contributed by atoms with Crippen molar-refractivity contribution in [3.63, 3.8) is 0 Å². The molecule has 1 atom stereocenters. The molecule has 0 radical (unpaired) electrons. The summed E-state index contributed by atoms with van der Waals surface area (Å²) in [5, 5.41) is 27.3. The standard InChI is InChI=1S/C14H15N5O2/c1-9(12-8-18(3)17-10(12)2)16-13-5-4-11(7-15)6-14(13)19(20)21/h4-6,8-9,16H,1-3H3. The van der Waals surface area contributed by atoms with Gasteiger partial charge in [-0.1, -0.05) is 0 Å². The zero-order valence-corrected chi connectivity index (χ0v) is 12.0. The van der Waals surface area contributed by atoms with E-state index in [1.807, 2.05) is 33.2 Å². The zero-order chi connectivity index (χ0) is 15.6. The molecule has 0 fully saturated rings. The third kappa shape index (κ3) is 3.00. The highest BCUT2D eigenvalue weighted by Crippen LogP contribution is 2.29. The van der Waals surface area contributed by atoms with E-state index in [0.29, 0.717) is 5.69 Å². The van der Waals surface area contributed by atoms with Crippen molar-refractivity contribution in [3.05, 3.63) is 51.3 Å². The van der Waals surface area contributed by atoms with Crippen LogP contribution in [0.25, 0.3) is 0 Å². The van der Waals surface area contributed by atoms with Crippen molar-refractivity contribution in [2.75, 3.05) is 5.32 Å². The first-order chi connectivity index (χ1) is 9.92. The summed E-state index contributed by atoms with van der Waals surface area (Å²) in [4.78, 5) is 10.6. The van der Waals surface area contributed by atoms with Crippen LogP contribution in [0.5, 0.6) is 0 Å². The molecule has 108 valence electrons. The van der Waals surface area contributed by atoms with E-state index in [1.54, 1.807) is 16.8 Å². The first-order valence-corrected chi connectivity index (χ1v) is 6.37. The van der Waals surface area contributed by atoms with Crippen molar-refractivity contribution in [3.8, 4) is 6.07 Å². The Morgan fingerprint density at radius 2 is 2.24 bits per heavy atom. The molecule has 0 saturated carbocycles. The van der Waals surface area contributed by atoms with Crippen LogP contribution < -0.4 is 5.32 Å². The molecule has 7 heteroatoms. The first-order valence-electron chi connectivity index (χ1n) is 6.37. The molecule has 0 aliphatic heterocycles. The Bertz CT molecular complexity index is 729. The molecule has 7 nitrogen and oxygen atoms in total. The lowest BCUT2D eigenvalue weighted by Gasteiger charge is -2.14. The fraction of sp³-hybridized carbons (Fsp3) is 0.286. The van der Waals surface area contributed by atoms with E-state index in [1.165, 1.54) is 6.07 Å². The SMILES string of the molecule is Cc1nn(C)cc1C(C)Nc1ccc(C#N)cc1[N+](=O)[O-]. The Morgan fingerprint density at radius 1 is 1.52 bits per heavy atom. The topological polar surface area (TPSA) is 96.8 Å². The number of benzene rings is 1. The maximum absolute atomic E-state index is 11.1. The Morgan fingerprint density at radius 3 is 2.76 bits per heavy atom. The molecular formula is C14H15N5O2. The number of aryl methyl sites for hydroxylation is 2. The summed E-state index contributed by atoms with van der Waals surface area (Å²) in [5.74, 6) is 0. The van der Waals surface area contributed by atoms with Crippen LogP contribution in [0.2, 0.25) is 0 Å². The number of rotatable bonds is 4. The van der Waals surface area contributed by atoms with Crippen LogP contribution >= 0.6 is 0 Å². The molecular weight excluding hydrogens is 270 g/mol. The van der Waals surface area contributed by atoms with E-state index in [0.717, 1.165) is 11.3 Å². The summed E-state index contributed by atoms with van der Waals surface area (Å²) in [6, 6.07) is 6.14. The van der Waals surface area contributed by atoms with Crippen LogP contribution in [0.1, 0.15) is 29.8 Å². The number of nitrogens with zero attached hydrogens (tertiary/aromatic N) is 4. The minimum atomic E-state index is -0.494. The maximum atomic E-state index is 11.1. The smallest absolute Gasteiger partial charge is 0.293 e. The van der Waals surface area contributed by atoms with Crippen molar-refractivity contribution < 1.29 is 4.92 Å². The summed E-state index contributed by atoms with van der Waals surface area (Å²) in [7, 11) is 1.83. The monoisotopic (exact) mass is 285 g/mol. The molecule has 2 rings (SSSR count). The Kier molecular flexibility index (Phi) is 3.89. The second-order valence-electron chi connectivity index (χ2n) is 4.81. The van der Waals surface area contributed by atoms with Gasteiger partial charge in [-0.3, -0.25) is 14.8 Å². The number of hydrogen-bond acceptors (Lipinski definition) is 5. The van der Waals surface area contributed by atoms with E-state index >= 15 is 0 Å². The highest BCUT2D eigenvalue weighted by atomic mass is 16.6. The third-order valence-electron chi connectivity index (χ3n) is 3.21. The van der Waals surface area contributed by atoms with Crippen LogP contribution in [0.4, 0.5) is 11.4 Å². The summed E-state index contributed by atoms with van der Waals surface area (Å²) in [6.07, 6.45) is 1.88. The third-order valence-corrected chi connectivity index (χ3v) is 3.21. The van der Waals surface area contributed by atoms with Gasteiger partial charge in [0.25, 0.3) is 5.69 Å². The highest BCUT2D eigenvalue weighted by molar-refractivity contribution is 5.64. The van der Waals surface area contributed by atoms with E-state index in [-0.39, 0.29) is 17.3 Å². The molecule has 0 aliphatic rings. The summed E-state index contributed by atoms with van der Waals surface area (Å²) < 4.78 is 1.70. The van der Waals surface area contributed by atoms with Crippen LogP contribution in [0, 0.1) is 28.4 Å². The van der Waals surface area contributed by atoms with Gasteiger partial charge in [0, 0.05) is 24.9 Å². The minimum Gasteiger partial charge on any atom is -0.373 e. The molecule has 1 unspecified atom stereocenters. The molecule has 1 heterocycles. The van der Waals surface area contributed by atoms with Gasteiger partial charge in [-0.25, -0.2) is 0 Å². The largest absolute Gasteiger partial charge is 0.373 e. The predicted octanol–water partition coefficient (Wildman–Crippen LogP) is 2.68. The summed E-state index contributed by atoms with van der Waals surface area (Å²) in [5.41, 5.74) is 2.37. The number of hydrogen-bond donors (Lipinski definition) is 1. The second kappa shape index (κ2) is 5.63. The lowest BCUT2D eigenvalue weighted by molar-refractivity contribution is -0.384. The van der Waals surface area contributed by atoms with Gasteiger partial charge in [0.2, 0.25) is 0 Å². The van der Waals surface area contributed by atoms with Crippen LogP contribution in [-0.4, -0.2) is 14.7 Å². The molecule has 0 aliphatic carbocycles. The molecule has 0 bridgehead atoms. The Balaban J connectivity index is 2.33. The molecule has 0 spiro atoms. The van der Waals surface area contributed by atoms with Crippen molar-refractivity contribution >= 4 is 11.4 Å². The maximum Gasteiger partial charge on any atom is 0.293 e. The van der Waals surface area contributed by atoms with E-state index in [2.05, 4.69) is 10.4 Å². The van der Waals surface area contributed by atoms with Crippen LogP contribution in [0.15, 0.2) is 24.4 Å². The van der Waals surface area contributed by atoms with Crippen molar-refractivity contribution in [1.82, 2.24) is 9.78 Å². The summed E-state index contributed by atoms with van der Waals surface area (Å²) in [6.45, 7) is 3.80. The highest BCUT2D eigenvalue weighted by Gasteiger charge is 2.18. The number of nitriles is 1. The molecule has 21 heavy (non-hydrogen) atoms. The van der Waals surface area contributed by atoms with E-state index in [4.69, 9.17) is 5.26 Å². The number of anilines is 1. The number of aromatic nitrogens is 2. The van der Waals surface area contributed by atoms with Gasteiger partial charge < -0.3 is 5.32 Å². The van der Waals surface area contributed by atoms with Crippen LogP contribution in [0.3, 0.4) is 0 Å². The van der Waals surface area contributed by atoms with Gasteiger partial charge in [-0.05, 0) is 26.0 Å². The average molecular weight is 285 g/mol. The average Bonchev–Trinajstić information content (AvgIpc) is 2.78. The molecule has 0 saturated heterocycles. The van der Waals surface area contributed by atoms with Crippen molar-refractivity contribution in [2.24, 2.45) is 7.05 Å². The number of nitro groups is 1.